The Kier molecular flexibility index (Phi) is 4.41. The third-order valence-electron chi connectivity index (χ3n) is 2.75. The Morgan fingerprint density at radius 1 is 1.44 bits per heavy atom. The summed E-state index contributed by atoms with van der Waals surface area (Å²) in [6.07, 6.45) is 3.13. The van der Waals surface area contributed by atoms with Crippen LogP contribution in [0.5, 0.6) is 0 Å². The van der Waals surface area contributed by atoms with Gasteiger partial charge in [0.2, 0.25) is 0 Å². The number of nitrogens with zero attached hydrogens (tertiary/aromatic N) is 2. The Labute approximate surface area is 106 Å². The molecule has 2 N–H and O–H groups in total. The number of aromatic amines is 1. The first-order valence-corrected chi connectivity index (χ1v) is 6.06. The molecule has 0 bridgehead atoms. The molecule has 0 aliphatic heterocycles. The van der Waals surface area contributed by atoms with Crippen LogP contribution in [0.1, 0.15) is 18.3 Å². The first-order chi connectivity index (χ1) is 8.74. The monoisotopic (exact) mass is 248 g/mol. The standard InChI is InChI=1S/C13H17FN4/c1-10(7-11-3-2-4-12(14)8-11)15-6-5-13-16-9-17-18-13/h2-4,8-10,15H,5-7H2,1H3,(H,16,17,18). The van der Waals surface area contributed by atoms with Crippen LogP contribution in [0.25, 0.3) is 0 Å². The van der Waals surface area contributed by atoms with Gasteiger partial charge in [-0.3, -0.25) is 5.10 Å². The van der Waals surface area contributed by atoms with Crippen molar-refractivity contribution < 1.29 is 4.39 Å². The average Bonchev–Trinajstić information content (AvgIpc) is 2.82. The van der Waals surface area contributed by atoms with Gasteiger partial charge in [-0.15, -0.1) is 0 Å². The SMILES string of the molecule is CC(Cc1cccc(F)c1)NCCc1ncn[nH]1. The molecule has 2 aromatic rings. The van der Waals surface area contributed by atoms with E-state index >= 15 is 0 Å². The van der Waals surface area contributed by atoms with Gasteiger partial charge in [-0.1, -0.05) is 12.1 Å². The Morgan fingerprint density at radius 2 is 2.33 bits per heavy atom. The lowest BCUT2D eigenvalue weighted by Crippen LogP contribution is -2.30. The molecular weight excluding hydrogens is 231 g/mol. The lowest BCUT2D eigenvalue weighted by Gasteiger charge is -2.13. The highest BCUT2D eigenvalue weighted by molar-refractivity contribution is 5.17. The van der Waals surface area contributed by atoms with Crippen LogP contribution in [0.2, 0.25) is 0 Å². The average molecular weight is 248 g/mol. The van der Waals surface area contributed by atoms with Gasteiger partial charge in [0, 0.05) is 19.0 Å². The Morgan fingerprint density at radius 3 is 3.06 bits per heavy atom. The van der Waals surface area contributed by atoms with Crippen LogP contribution in [0.4, 0.5) is 4.39 Å². The number of benzene rings is 1. The van der Waals surface area contributed by atoms with Gasteiger partial charge in [-0.25, -0.2) is 9.37 Å². The molecule has 0 spiro atoms. The number of rotatable bonds is 6. The zero-order chi connectivity index (χ0) is 12.8. The number of H-pyrrole nitrogens is 1. The quantitative estimate of drug-likeness (QED) is 0.818. The smallest absolute Gasteiger partial charge is 0.137 e. The molecule has 0 fully saturated rings. The van der Waals surface area contributed by atoms with Gasteiger partial charge in [0.15, 0.2) is 0 Å². The summed E-state index contributed by atoms with van der Waals surface area (Å²) in [5, 5.41) is 9.99. The maximum atomic E-state index is 13.0. The fourth-order valence-corrected chi connectivity index (χ4v) is 1.88. The molecule has 0 saturated heterocycles. The first-order valence-electron chi connectivity index (χ1n) is 6.06. The van der Waals surface area contributed by atoms with Gasteiger partial charge in [0.1, 0.15) is 18.0 Å². The van der Waals surface area contributed by atoms with E-state index < -0.39 is 0 Å². The summed E-state index contributed by atoms with van der Waals surface area (Å²) in [4.78, 5) is 4.05. The molecule has 1 aromatic heterocycles. The molecule has 18 heavy (non-hydrogen) atoms. The molecule has 1 heterocycles. The van der Waals surface area contributed by atoms with Crippen LogP contribution in [0, 0.1) is 5.82 Å². The highest BCUT2D eigenvalue weighted by Gasteiger charge is 2.04. The maximum absolute atomic E-state index is 13.0. The minimum Gasteiger partial charge on any atom is -0.313 e. The second-order valence-electron chi connectivity index (χ2n) is 4.37. The van der Waals surface area contributed by atoms with E-state index in [0.717, 1.165) is 30.8 Å². The van der Waals surface area contributed by atoms with Crippen molar-refractivity contribution in [2.45, 2.75) is 25.8 Å². The summed E-state index contributed by atoms with van der Waals surface area (Å²) in [7, 11) is 0. The number of halogens is 1. The van der Waals surface area contributed by atoms with Crippen LogP contribution in [0.15, 0.2) is 30.6 Å². The topological polar surface area (TPSA) is 53.6 Å². The van der Waals surface area contributed by atoms with Gasteiger partial charge < -0.3 is 5.32 Å². The van der Waals surface area contributed by atoms with Gasteiger partial charge in [-0.05, 0) is 31.0 Å². The largest absolute Gasteiger partial charge is 0.313 e. The summed E-state index contributed by atoms with van der Waals surface area (Å²) in [5.41, 5.74) is 1.01. The van der Waals surface area contributed by atoms with Gasteiger partial charge in [0.25, 0.3) is 0 Å². The molecule has 96 valence electrons. The maximum Gasteiger partial charge on any atom is 0.137 e. The highest BCUT2D eigenvalue weighted by Crippen LogP contribution is 2.06. The lowest BCUT2D eigenvalue weighted by atomic mass is 10.1. The van der Waals surface area contributed by atoms with E-state index in [2.05, 4.69) is 27.4 Å². The molecule has 4 nitrogen and oxygen atoms in total. The summed E-state index contributed by atoms with van der Waals surface area (Å²) < 4.78 is 13.0. The third-order valence-corrected chi connectivity index (χ3v) is 2.75. The Hall–Kier alpha value is -1.75. The molecule has 2 rings (SSSR count). The molecule has 1 unspecified atom stereocenters. The molecule has 0 aliphatic carbocycles. The molecule has 0 saturated carbocycles. The molecular formula is C13H17FN4. The van der Waals surface area contributed by atoms with Crippen molar-refractivity contribution in [3.05, 3.63) is 47.8 Å². The Balaban J connectivity index is 1.73. The van der Waals surface area contributed by atoms with Crippen LogP contribution in [0.3, 0.4) is 0 Å². The van der Waals surface area contributed by atoms with E-state index in [4.69, 9.17) is 0 Å². The zero-order valence-electron chi connectivity index (χ0n) is 10.4. The third kappa shape index (κ3) is 3.92. The lowest BCUT2D eigenvalue weighted by molar-refractivity contribution is 0.541. The number of nitrogens with one attached hydrogen (secondary N) is 2. The zero-order valence-corrected chi connectivity index (χ0v) is 10.4. The summed E-state index contributed by atoms with van der Waals surface area (Å²) in [5.74, 6) is 0.696. The minimum absolute atomic E-state index is 0.179. The van der Waals surface area contributed by atoms with Crippen LogP contribution in [-0.4, -0.2) is 27.8 Å². The van der Waals surface area contributed by atoms with E-state index in [1.54, 1.807) is 12.1 Å². The molecule has 0 amide bonds. The van der Waals surface area contributed by atoms with Gasteiger partial charge in [0.05, 0.1) is 0 Å². The number of hydrogen-bond donors (Lipinski definition) is 2. The predicted molar refractivity (Wildman–Crippen MR) is 67.7 cm³/mol. The van der Waals surface area contributed by atoms with E-state index in [0.29, 0.717) is 6.04 Å². The van der Waals surface area contributed by atoms with Crippen molar-refractivity contribution in [3.8, 4) is 0 Å². The van der Waals surface area contributed by atoms with Crippen LogP contribution >= 0.6 is 0 Å². The van der Waals surface area contributed by atoms with E-state index in [1.807, 2.05) is 6.07 Å². The van der Waals surface area contributed by atoms with E-state index in [1.165, 1.54) is 12.4 Å². The van der Waals surface area contributed by atoms with Crippen molar-refractivity contribution in [1.29, 1.82) is 0 Å². The Bertz CT molecular complexity index is 470. The van der Waals surface area contributed by atoms with Crippen molar-refractivity contribution in [1.82, 2.24) is 20.5 Å². The summed E-state index contributed by atoms with van der Waals surface area (Å²) in [6.45, 7) is 2.91. The van der Waals surface area contributed by atoms with Crippen molar-refractivity contribution in [2.75, 3.05) is 6.54 Å². The normalized spacial score (nSPS) is 12.6. The molecule has 0 aliphatic rings. The van der Waals surface area contributed by atoms with Crippen LogP contribution in [-0.2, 0) is 12.8 Å². The van der Waals surface area contributed by atoms with E-state index in [-0.39, 0.29) is 5.82 Å². The predicted octanol–water partition coefficient (Wildman–Crippen LogP) is 1.71. The molecule has 1 aromatic carbocycles. The second kappa shape index (κ2) is 6.26. The van der Waals surface area contributed by atoms with Crippen LogP contribution < -0.4 is 5.32 Å². The van der Waals surface area contributed by atoms with Gasteiger partial charge in [-0.2, -0.15) is 5.10 Å². The summed E-state index contributed by atoms with van der Waals surface area (Å²) in [6, 6.07) is 7.03. The molecule has 0 radical (unpaired) electrons. The molecule has 5 heteroatoms. The summed E-state index contributed by atoms with van der Waals surface area (Å²) >= 11 is 0. The number of aromatic nitrogens is 3. The van der Waals surface area contributed by atoms with Crippen molar-refractivity contribution >= 4 is 0 Å². The fourth-order valence-electron chi connectivity index (χ4n) is 1.88. The number of hydrogen-bond acceptors (Lipinski definition) is 3. The molecule has 1 atom stereocenters. The highest BCUT2D eigenvalue weighted by atomic mass is 19.1. The van der Waals surface area contributed by atoms with Crippen molar-refractivity contribution in [2.24, 2.45) is 0 Å². The minimum atomic E-state index is -0.179. The first kappa shape index (κ1) is 12.7. The fraction of sp³-hybridized carbons (Fsp3) is 0.385. The van der Waals surface area contributed by atoms with Crippen molar-refractivity contribution in [3.63, 3.8) is 0 Å². The van der Waals surface area contributed by atoms with Gasteiger partial charge >= 0.3 is 0 Å². The van der Waals surface area contributed by atoms with E-state index in [9.17, 15) is 4.39 Å². The second-order valence-corrected chi connectivity index (χ2v) is 4.37.